The highest BCUT2D eigenvalue weighted by Crippen LogP contribution is 2.16. The zero-order valence-electron chi connectivity index (χ0n) is 13.4. The number of para-hydroxylation sites is 1. The second-order valence-corrected chi connectivity index (χ2v) is 6.25. The number of carboxylic acids is 1. The second-order valence-electron chi connectivity index (χ2n) is 6.25. The first-order chi connectivity index (χ1) is 10.8. The lowest BCUT2D eigenvalue weighted by Crippen LogP contribution is -2.42. The highest BCUT2D eigenvalue weighted by atomic mass is 16.5. The van der Waals surface area contributed by atoms with E-state index in [-0.39, 0.29) is 18.6 Å². The molecule has 1 atom stereocenters. The number of carbonyl (C=O) groups is 2. The Morgan fingerprint density at radius 1 is 1.39 bits per heavy atom. The van der Waals surface area contributed by atoms with Crippen LogP contribution in [-0.2, 0) is 9.53 Å². The smallest absolute Gasteiger partial charge is 0.326 e. The van der Waals surface area contributed by atoms with Crippen molar-refractivity contribution in [3.63, 3.8) is 0 Å². The Balaban J connectivity index is 2.06. The number of aromatic nitrogens is 2. The Morgan fingerprint density at radius 3 is 2.78 bits per heavy atom. The van der Waals surface area contributed by atoms with Crippen molar-refractivity contribution >= 4 is 22.8 Å². The number of aromatic amines is 1. The minimum Gasteiger partial charge on any atom is -0.480 e. The molecule has 0 aliphatic rings. The molecule has 0 saturated carbocycles. The van der Waals surface area contributed by atoms with Crippen LogP contribution in [0.5, 0.6) is 0 Å². The van der Waals surface area contributed by atoms with Gasteiger partial charge in [0.05, 0.1) is 22.9 Å². The van der Waals surface area contributed by atoms with Gasteiger partial charge in [-0.1, -0.05) is 12.1 Å². The average Bonchev–Trinajstić information content (AvgIpc) is 2.92. The fourth-order valence-electron chi connectivity index (χ4n) is 2.13. The van der Waals surface area contributed by atoms with Gasteiger partial charge in [-0.15, -0.1) is 0 Å². The van der Waals surface area contributed by atoms with Crippen LogP contribution < -0.4 is 5.32 Å². The molecule has 0 saturated heterocycles. The summed E-state index contributed by atoms with van der Waals surface area (Å²) >= 11 is 0. The van der Waals surface area contributed by atoms with E-state index >= 15 is 0 Å². The van der Waals surface area contributed by atoms with Gasteiger partial charge >= 0.3 is 5.97 Å². The molecule has 0 radical (unpaired) electrons. The van der Waals surface area contributed by atoms with Crippen LogP contribution in [-0.4, -0.2) is 45.4 Å². The third-order valence-corrected chi connectivity index (χ3v) is 3.27. The molecular formula is C16H21N3O4. The molecule has 1 amide bonds. The van der Waals surface area contributed by atoms with Crippen LogP contribution in [0, 0.1) is 0 Å². The number of carbonyl (C=O) groups excluding carboxylic acids is 1. The normalized spacial score (nSPS) is 13.0. The van der Waals surface area contributed by atoms with Gasteiger partial charge in [-0.3, -0.25) is 9.89 Å². The van der Waals surface area contributed by atoms with Crippen LogP contribution in [0.3, 0.4) is 0 Å². The van der Waals surface area contributed by atoms with Crippen LogP contribution in [0.4, 0.5) is 0 Å². The third-order valence-electron chi connectivity index (χ3n) is 3.27. The van der Waals surface area contributed by atoms with Crippen molar-refractivity contribution in [1.82, 2.24) is 15.5 Å². The zero-order valence-corrected chi connectivity index (χ0v) is 13.4. The van der Waals surface area contributed by atoms with Gasteiger partial charge in [0.25, 0.3) is 5.91 Å². The molecule has 2 rings (SSSR count). The van der Waals surface area contributed by atoms with E-state index in [1.54, 1.807) is 18.3 Å². The standard InChI is InChI=1S/C16H21N3O4/c1-16(2,3)23-8-7-12(15(21)22)18-14(20)11-6-4-5-10-9-17-19-13(10)11/h4-6,9,12H,7-8H2,1-3H3,(H,17,19)(H,18,20)(H,21,22). The number of amides is 1. The van der Waals surface area contributed by atoms with Crippen LogP contribution >= 0.6 is 0 Å². The Bertz CT molecular complexity index is 703. The molecular weight excluding hydrogens is 298 g/mol. The summed E-state index contributed by atoms with van der Waals surface area (Å²) in [5.74, 6) is -1.55. The van der Waals surface area contributed by atoms with Crippen LogP contribution in [0.1, 0.15) is 37.6 Å². The van der Waals surface area contributed by atoms with E-state index in [0.29, 0.717) is 11.1 Å². The molecule has 124 valence electrons. The molecule has 1 aromatic heterocycles. The van der Waals surface area contributed by atoms with Crippen LogP contribution in [0.25, 0.3) is 10.9 Å². The first-order valence-electron chi connectivity index (χ1n) is 7.37. The lowest BCUT2D eigenvalue weighted by atomic mass is 10.1. The Kier molecular flexibility index (Phi) is 5.00. The molecule has 3 N–H and O–H groups in total. The quantitative estimate of drug-likeness (QED) is 0.755. The number of aliphatic carboxylic acids is 1. The van der Waals surface area contributed by atoms with E-state index in [2.05, 4.69) is 15.5 Å². The number of H-pyrrole nitrogens is 1. The number of ether oxygens (including phenoxy) is 1. The number of hydrogen-bond acceptors (Lipinski definition) is 4. The van der Waals surface area contributed by atoms with Gasteiger partial charge in [-0.25, -0.2) is 4.79 Å². The van der Waals surface area contributed by atoms with Gasteiger partial charge in [0, 0.05) is 18.4 Å². The molecule has 0 aliphatic heterocycles. The summed E-state index contributed by atoms with van der Waals surface area (Å²) in [5, 5.41) is 19.3. The maximum atomic E-state index is 12.4. The minimum atomic E-state index is -1.09. The van der Waals surface area contributed by atoms with Gasteiger partial charge in [-0.2, -0.15) is 5.10 Å². The Hall–Kier alpha value is -2.41. The monoisotopic (exact) mass is 319 g/mol. The van der Waals surface area contributed by atoms with E-state index in [1.165, 1.54) is 0 Å². The van der Waals surface area contributed by atoms with E-state index < -0.39 is 17.9 Å². The predicted molar refractivity (Wildman–Crippen MR) is 85.3 cm³/mol. The predicted octanol–water partition coefficient (Wildman–Crippen LogP) is 1.95. The van der Waals surface area contributed by atoms with Gasteiger partial charge in [-0.05, 0) is 26.8 Å². The zero-order chi connectivity index (χ0) is 17.0. The summed E-state index contributed by atoms with van der Waals surface area (Å²) in [5.41, 5.74) is 0.595. The lowest BCUT2D eigenvalue weighted by Gasteiger charge is -2.21. The van der Waals surface area contributed by atoms with Gasteiger partial charge < -0.3 is 15.2 Å². The fraction of sp³-hybridized carbons (Fsp3) is 0.438. The topological polar surface area (TPSA) is 104 Å². The Labute approximate surface area is 134 Å². The molecule has 0 fully saturated rings. The summed E-state index contributed by atoms with van der Waals surface area (Å²) in [6, 6.07) is 4.16. The first-order valence-corrected chi connectivity index (χ1v) is 7.37. The maximum absolute atomic E-state index is 12.4. The highest BCUT2D eigenvalue weighted by Gasteiger charge is 2.23. The second kappa shape index (κ2) is 6.78. The summed E-state index contributed by atoms with van der Waals surface area (Å²) in [7, 11) is 0. The number of nitrogens with one attached hydrogen (secondary N) is 2. The lowest BCUT2D eigenvalue weighted by molar-refractivity contribution is -0.140. The van der Waals surface area contributed by atoms with Crippen molar-refractivity contribution in [3.05, 3.63) is 30.0 Å². The number of carboxylic acid groups (broad SMARTS) is 1. The first kappa shape index (κ1) is 17.0. The largest absolute Gasteiger partial charge is 0.480 e. The molecule has 1 heterocycles. The molecule has 7 heteroatoms. The molecule has 2 aromatic rings. The molecule has 7 nitrogen and oxygen atoms in total. The molecule has 0 bridgehead atoms. The molecule has 0 spiro atoms. The third kappa shape index (κ3) is 4.53. The number of nitrogens with zero attached hydrogens (tertiary/aromatic N) is 1. The van der Waals surface area contributed by atoms with E-state index in [9.17, 15) is 14.7 Å². The van der Waals surface area contributed by atoms with Gasteiger partial charge in [0.15, 0.2) is 0 Å². The van der Waals surface area contributed by atoms with E-state index in [1.807, 2.05) is 26.8 Å². The Morgan fingerprint density at radius 2 is 2.13 bits per heavy atom. The molecule has 1 unspecified atom stereocenters. The van der Waals surface area contributed by atoms with Crippen LogP contribution in [0.15, 0.2) is 24.4 Å². The van der Waals surface area contributed by atoms with Crippen molar-refractivity contribution in [1.29, 1.82) is 0 Å². The number of benzene rings is 1. The minimum absolute atomic E-state index is 0.192. The summed E-state index contributed by atoms with van der Waals surface area (Å²) in [4.78, 5) is 23.7. The van der Waals surface area contributed by atoms with Gasteiger partial charge in [0.1, 0.15) is 6.04 Å². The van der Waals surface area contributed by atoms with Crippen molar-refractivity contribution in [2.45, 2.75) is 38.8 Å². The summed E-state index contributed by atoms with van der Waals surface area (Å²) in [6.45, 7) is 5.91. The fourth-order valence-corrected chi connectivity index (χ4v) is 2.13. The van der Waals surface area contributed by atoms with Crippen molar-refractivity contribution in [2.75, 3.05) is 6.61 Å². The maximum Gasteiger partial charge on any atom is 0.326 e. The SMILES string of the molecule is CC(C)(C)OCCC(NC(=O)c1cccc2cn[nH]c12)C(=O)O. The number of rotatable bonds is 6. The summed E-state index contributed by atoms with van der Waals surface area (Å²) in [6.07, 6.45) is 1.80. The van der Waals surface area contributed by atoms with Gasteiger partial charge in [0.2, 0.25) is 0 Å². The molecule has 0 aliphatic carbocycles. The molecule has 1 aromatic carbocycles. The van der Waals surface area contributed by atoms with E-state index in [0.717, 1.165) is 5.39 Å². The number of hydrogen-bond donors (Lipinski definition) is 3. The van der Waals surface area contributed by atoms with Crippen molar-refractivity contribution in [3.8, 4) is 0 Å². The average molecular weight is 319 g/mol. The van der Waals surface area contributed by atoms with Crippen molar-refractivity contribution in [2.24, 2.45) is 0 Å². The van der Waals surface area contributed by atoms with Crippen LogP contribution in [0.2, 0.25) is 0 Å². The van der Waals surface area contributed by atoms with Crippen molar-refractivity contribution < 1.29 is 19.4 Å². The molecule has 23 heavy (non-hydrogen) atoms. The van der Waals surface area contributed by atoms with E-state index in [4.69, 9.17) is 4.74 Å². The number of fused-ring (bicyclic) bond motifs is 1. The highest BCUT2D eigenvalue weighted by molar-refractivity contribution is 6.06. The summed E-state index contributed by atoms with van der Waals surface area (Å²) < 4.78 is 5.52.